The number of rotatable bonds is 23. The van der Waals surface area contributed by atoms with Gasteiger partial charge in [-0.2, -0.15) is 0 Å². The Labute approximate surface area is 240 Å². The van der Waals surface area contributed by atoms with Gasteiger partial charge in [-0.05, 0) is 0 Å². The Balaban J connectivity index is 5.18. The van der Waals surface area contributed by atoms with Gasteiger partial charge in [-0.15, -0.1) is 0 Å². The summed E-state index contributed by atoms with van der Waals surface area (Å²) in [6.45, 7) is -0.663. The number of ketones is 2. The maximum absolute atomic E-state index is 12.5. The number of amides is 2. The molecule has 0 fully saturated rings. The molecule has 0 heterocycles. The first-order valence-electron chi connectivity index (χ1n) is 11.9. The third-order valence-electron chi connectivity index (χ3n) is 5.21. The van der Waals surface area contributed by atoms with Crippen molar-refractivity contribution in [3.63, 3.8) is 0 Å². The average Bonchev–Trinajstić information content (AvgIpc) is 2.87. The van der Waals surface area contributed by atoms with E-state index < -0.39 is 84.3 Å². The van der Waals surface area contributed by atoms with Crippen LogP contribution in [0.4, 0.5) is 0 Å². The van der Waals surface area contributed by atoms with E-state index in [-0.39, 0.29) is 75.4 Å². The Hall–Kier alpha value is -2.88. The number of nitrogens with two attached hydrogens (primary N) is 2. The van der Waals surface area contributed by atoms with E-state index in [0.717, 1.165) is 0 Å². The van der Waals surface area contributed by atoms with Crippen LogP contribution in [0.15, 0.2) is 0 Å². The molecule has 0 aliphatic carbocycles. The summed E-state index contributed by atoms with van der Waals surface area (Å²) in [7, 11) is 0. The molecule has 0 radical (unpaired) electrons. The van der Waals surface area contributed by atoms with Gasteiger partial charge in [-0.1, -0.05) is 0 Å². The molecule has 10 N–H and O–H groups in total. The summed E-state index contributed by atoms with van der Waals surface area (Å²) in [5, 5.41) is 40.4. The van der Waals surface area contributed by atoms with E-state index in [0.29, 0.717) is 0 Å². The van der Waals surface area contributed by atoms with Crippen LogP contribution >= 0.6 is 0 Å². The molecule has 2 amide bonds. The van der Waals surface area contributed by atoms with Gasteiger partial charge in [0.15, 0.2) is 0 Å². The predicted octanol–water partition coefficient (Wildman–Crippen LogP) is -2.77. The Morgan fingerprint density at radius 2 is 1.25 bits per heavy atom. The van der Waals surface area contributed by atoms with Crippen molar-refractivity contribution in [3.05, 3.63) is 0 Å². The number of carbonyl (C=O) groups is 8. The first-order chi connectivity index (χ1) is 18.6. The van der Waals surface area contributed by atoms with E-state index in [1.165, 1.54) is 0 Å². The Bertz CT molecular complexity index is 875. The van der Waals surface area contributed by atoms with Crippen LogP contribution in [0.3, 0.4) is 0 Å². The number of carbonyl (C=O) groups excluding carboxylic acids is 4. The van der Waals surface area contributed by atoms with Gasteiger partial charge in [0.2, 0.25) is 0 Å². The molecule has 0 saturated carbocycles. The summed E-state index contributed by atoms with van der Waals surface area (Å²) in [6, 6.07) is -3.55. The number of hydrogen-bond donors (Lipinski definition) is 8. The molecule has 0 aliphatic rings. The fraction of sp³-hybridized carbons (Fsp3) is 0.636. The van der Waals surface area contributed by atoms with E-state index in [9.17, 15) is 38.4 Å². The summed E-state index contributed by atoms with van der Waals surface area (Å²) in [4.78, 5) is 92.9. The van der Waals surface area contributed by atoms with Crippen LogP contribution in [-0.2, 0) is 38.4 Å². The Morgan fingerprint density at radius 1 is 0.700 bits per heavy atom. The van der Waals surface area contributed by atoms with Gasteiger partial charge in [-0.3, -0.25) is 0 Å². The summed E-state index contributed by atoms with van der Waals surface area (Å²) in [5.74, 6) is -8.23. The first kappa shape index (κ1) is 37.1. The van der Waals surface area contributed by atoms with Crippen molar-refractivity contribution in [3.8, 4) is 0 Å². The molecule has 40 heavy (non-hydrogen) atoms. The van der Waals surface area contributed by atoms with Crippen LogP contribution in [0.1, 0.15) is 44.9 Å². The van der Waals surface area contributed by atoms with Crippen molar-refractivity contribution < 1.29 is 58.8 Å². The zero-order valence-electron chi connectivity index (χ0n) is 21.4. The van der Waals surface area contributed by atoms with Crippen LogP contribution in [-0.4, -0.2) is 119 Å². The quantitative estimate of drug-likeness (QED) is 0.0395. The molecule has 0 spiro atoms. The topological polar surface area (TPSA) is 294 Å². The Morgan fingerprint density at radius 3 is 1.77 bits per heavy atom. The molecule has 226 valence electrons. The molecule has 4 atom stereocenters. The van der Waals surface area contributed by atoms with Crippen molar-refractivity contribution >= 4 is 73.5 Å². The number of Topliss-reactive ketones (excluding diaryl/α,β-unsaturated/α-hetero) is 2. The number of nitrogens with one attached hydrogen (secondary N) is 2. The third-order valence-corrected chi connectivity index (χ3v) is 12.5. The number of carboxylic acids is 4. The zero-order chi connectivity index (χ0) is 30.8. The van der Waals surface area contributed by atoms with E-state index in [2.05, 4.69) is 10.6 Å². The number of carboxylic acid groups (broad SMARTS) is 4. The molecule has 0 aliphatic heterocycles. The molecule has 0 bridgehead atoms. The van der Waals surface area contributed by atoms with Crippen molar-refractivity contribution in [2.45, 2.75) is 73.7 Å². The molecule has 16 nitrogen and oxygen atoms in total. The van der Waals surface area contributed by atoms with Crippen LogP contribution in [0.2, 0.25) is 10.6 Å². The molecule has 4 unspecified atom stereocenters. The standard InChI is InChI=1S/C22H34N4O12Se2/c23-13(21(35)36)2-1-12(27)7-11(20(34)25-8-19(32)33)9-39-40-10-15(16(28)4-6-18(30)31)26-17(29)5-3-14(24)22(37)38/h11,13-15H,1-10,23-24H2,(H,25,34)(H,26,29)(H,30,31)(H,32,33)(H,35,36)(H,37,38). The van der Waals surface area contributed by atoms with Crippen molar-refractivity contribution in [1.29, 1.82) is 0 Å². The zero-order valence-corrected chi connectivity index (χ0v) is 24.8. The van der Waals surface area contributed by atoms with Gasteiger partial charge in [0.05, 0.1) is 0 Å². The molecular weight excluding hydrogens is 670 g/mol. The van der Waals surface area contributed by atoms with Gasteiger partial charge in [-0.25, -0.2) is 0 Å². The number of aliphatic carboxylic acids is 4. The van der Waals surface area contributed by atoms with E-state index >= 15 is 0 Å². The molecule has 0 aromatic rings. The van der Waals surface area contributed by atoms with Gasteiger partial charge >= 0.3 is 241 Å². The minimum atomic E-state index is -1.29. The van der Waals surface area contributed by atoms with E-state index in [1.807, 2.05) is 0 Å². The van der Waals surface area contributed by atoms with Gasteiger partial charge in [0, 0.05) is 0 Å². The fourth-order valence-electron chi connectivity index (χ4n) is 2.89. The van der Waals surface area contributed by atoms with Gasteiger partial charge < -0.3 is 0 Å². The molecule has 0 aromatic heterocycles. The normalized spacial score (nSPS) is 13.8. The monoisotopic (exact) mass is 706 g/mol. The average molecular weight is 704 g/mol. The van der Waals surface area contributed by atoms with Crippen molar-refractivity contribution in [2.24, 2.45) is 17.4 Å². The summed E-state index contributed by atoms with van der Waals surface area (Å²) >= 11 is -0.654. The second kappa shape index (κ2) is 20.1. The molecule has 0 aromatic carbocycles. The molecule has 0 rings (SSSR count). The second-order valence-electron chi connectivity index (χ2n) is 8.57. The van der Waals surface area contributed by atoms with Crippen molar-refractivity contribution in [2.75, 3.05) is 6.54 Å². The van der Waals surface area contributed by atoms with Crippen LogP contribution < -0.4 is 22.1 Å². The molecule has 0 saturated heterocycles. The summed E-state index contributed by atoms with van der Waals surface area (Å²) in [6.07, 6.45) is -1.83. The van der Waals surface area contributed by atoms with Gasteiger partial charge in [0.1, 0.15) is 0 Å². The second-order valence-corrected chi connectivity index (χ2v) is 16.1. The van der Waals surface area contributed by atoms with E-state index in [1.54, 1.807) is 0 Å². The Kier molecular flexibility index (Phi) is 18.6. The molecular formula is C22H34N4O12Se2. The SMILES string of the molecule is NC(CCC(=O)CC(C[Se][Se]CC(NC(=O)CCC(N)C(=O)O)C(=O)CCC(=O)O)C(=O)NCC(=O)O)C(=O)O. The van der Waals surface area contributed by atoms with Gasteiger partial charge in [0.25, 0.3) is 0 Å². The van der Waals surface area contributed by atoms with Crippen LogP contribution in [0.5, 0.6) is 0 Å². The number of hydrogen-bond acceptors (Lipinski definition) is 10. The minimum absolute atomic E-state index is 0.135. The third kappa shape index (κ3) is 17.7. The fourth-order valence-corrected chi connectivity index (χ4v) is 10.4. The van der Waals surface area contributed by atoms with E-state index in [4.69, 9.17) is 31.9 Å². The molecule has 18 heteroatoms. The summed E-state index contributed by atoms with van der Waals surface area (Å²) in [5.41, 5.74) is 10.8. The van der Waals surface area contributed by atoms with Crippen LogP contribution in [0.25, 0.3) is 0 Å². The van der Waals surface area contributed by atoms with Crippen LogP contribution in [0, 0.1) is 5.92 Å². The predicted molar refractivity (Wildman–Crippen MR) is 138 cm³/mol. The maximum atomic E-state index is 12.5. The van der Waals surface area contributed by atoms with Crippen molar-refractivity contribution in [1.82, 2.24) is 10.6 Å². The first-order valence-corrected chi connectivity index (χ1v) is 18.7. The summed E-state index contributed by atoms with van der Waals surface area (Å²) < 4.78 is 0.